The van der Waals surface area contributed by atoms with Crippen molar-refractivity contribution in [2.24, 2.45) is 0 Å². The smallest absolute Gasteiger partial charge is 0.348 e. The van der Waals surface area contributed by atoms with Gasteiger partial charge >= 0.3 is 6.18 Å². The molecule has 1 saturated heterocycles. The zero-order valence-corrected chi connectivity index (χ0v) is 12.8. The third-order valence-electron chi connectivity index (χ3n) is 4.41. The van der Waals surface area contributed by atoms with Crippen LogP contribution in [0.1, 0.15) is 29.6 Å². The van der Waals surface area contributed by atoms with Gasteiger partial charge in [-0.15, -0.1) is 0 Å². The average Bonchev–Trinajstić information content (AvgIpc) is 3.25. The van der Waals surface area contributed by atoms with Crippen LogP contribution in [0.25, 0.3) is 11.0 Å². The van der Waals surface area contributed by atoms with Crippen LogP contribution in [0.3, 0.4) is 0 Å². The van der Waals surface area contributed by atoms with Crippen LogP contribution in [-0.2, 0) is 12.7 Å². The molecule has 0 aliphatic carbocycles. The normalized spacial score (nSPS) is 19.4. The predicted molar refractivity (Wildman–Crippen MR) is 82.3 cm³/mol. The van der Waals surface area contributed by atoms with Crippen LogP contribution in [-0.4, -0.2) is 37.9 Å². The van der Waals surface area contributed by atoms with Crippen molar-refractivity contribution in [3.8, 4) is 0 Å². The lowest BCUT2D eigenvalue weighted by atomic mass is 10.1. The lowest BCUT2D eigenvalue weighted by molar-refractivity contribution is -0.137. The van der Waals surface area contributed by atoms with Gasteiger partial charge in [0.1, 0.15) is 11.6 Å². The van der Waals surface area contributed by atoms with Crippen molar-refractivity contribution in [3.05, 3.63) is 47.8 Å². The zero-order chi connectivity index (χ0) is 16.7. The van der Waals surface area contributed by atoms with Crippen molar-refractivity contribution in [2.75, 3.05) is 13.1 Å². The van der Waals surface area contributed by atoms with Gasteiger partial charge < -0.3 is 9.97 Å². The lowest BCUT2D eigenvalue weighted by Gasteiger charge is -2.13. The number of likely N-dealkylation sites (tertiary alicyclic amines) is 1. The fourth-order valence-electron chi connectivity index (χ4n) is 3.19. The summed E-state index contributed by atoms with van der Waals surface area (Å²) in [4.78, 5) is 17.1. The molecule has 126 valence electrons. The molecule has 24 heavy (non-hydrogen) atoms. The number of halogens is 3. The Balaban J connectivity index is 1.52. The fourth-order valence-corrected chi connectivity index (χ4v) is 3.19. The largest absolute Gasteiger partial charge is 0.416 e. The second-order valence-corrected chi connectivity index (χ2v) is 6.11. The van der Waals surface area contributed by atoms with Gasteiger partial charge in [-0.05, 0) is 31.2 Å². The van der Waals surface area contributed by atoms with E-state index in [2.05, 4.69) is 24.8 Å². The molecule has 4 rings (SSSR count). The maximum absolute atomic E-state index is 12.8. The molecule has 1 atom stereocenters. The molecule has 2 aromatic heterocycles. The molecule has 1 fully saturated rings. The van der Waals surface area contributed by atoms with E-state index in [1.54, 1.807) is 12.4 Å². The molecule has 0 radical (unpaired) electrons. The summed E-state index contributed by atoms with van der Waals surface area (Å²) >= 11 is 0. The molecule has 0 amide bonds. The lowest BCUT2D eigenvalue weighted by Crippen LogP contribution is -2.20. The molecule has 2 N–H and O–H groups in total. The first-order valence-corrected chi connectivity index (χ1v) is 7.76. The molecule has 1 aliphatic heterocycles. The van der Waals surface area contributed by atoms with Crippen molar-refractivity contribution in [1.82, 2.24) is 24.8 Å². The minimum absolute atomic E-state index is 0.196. The molecule has 0 saturated carbocycles. The number of hydrogen-bond acceptors (Lipinski definition) is 3. The fraction of sp³-hybridized carbons (Fsp3) is 0.375. The van der Waals surface area contributed by atoms with E-state index < -0.39 is 11.7 Å². The third-order valence-corrected chi connectivity index (χ3v) is 4.41. The predicted octanol–water partition coefficient (Wildman–Crippen LogP) is 3.29. The van der Waals surface area contributed by atoms with E-state index in [4.69, 9.17) is 0 Å². The van der Waals surface area contributed by atoms with E-state index >= 15 is 0 Å². The molecule has 0 unspecified atom stereocenters. The molecule has 3 aromatic rings. The minimum Gasteiger partial charge on any atom is -0.348 e. The number of H-pyrrole nitrogens is 2. The Labute approximate surface area is 135 Å². The summed E-state index contributed by atoms with van der Waals surface area (Å²) in [7, 11) is 0. The number of hydrogen-bond donors (Lipinski definition) is 2. The van der Waals surface area contributed by atoms with Crippen molar-refractivity contribution in [2.45, 2.75) is 25.1 Å². The molecule has 5 nitrogen and oxygen atoms in total. The Bertz CT molecular complexity index is 837. The summed E-state index contributed by atoms with van der Waals surface area (Å²) in [5, 5.41) is 0. The van der Waals surface area contributed by atoms with Gasteiger partial charge in [-0.3, -0.25) is 4.90 Å². The summed E-state index contributed by atoms with van der Waals surface area (Å²) < 4.78 is 38.4. The van der Waals surface area contributed by atoms with Crippen LogP contribution >= 0.6 is 0 Å². The van der Waals surface area contributed by atoms with Crippen molar-refractivity contribution >= 4 is 11.0 Å². The van der Waals surface area contributed by atoms with Crippen LogP contribution in [0.4, 0.5) is 13.2 Å². The maximum atomic E-state index is 12.8. The highest BCUT2D eigenvalue weighted by atomic mass is 19.4. The van der Waals surface area contributed by atoms with E-state index in [9.17, 15) is 13.2 Å². The SMILES string of the molecule is FC(F)(F)c1ccc2nc([C@H]3CCN(Cc4ncc[nH]4)C3)[nH]c2c1. The van der Waals surface area contributed by atoms with E-state index in [-0.39, 0.29) is 5.92 Å². The number of alkyl halides is 3. The summed E-state index contributed by atoms with van der Waals surface area (Å²) in [5.74, 6) is 1.86. The van der Waals surface area contributed by atoms with Crippen LogP contribution in [0, 0.1) is 0 Å². The number of imidazole rings is 2. The number of benzene rings is 1. The molecule has 8 heteroatoms. The van der Waals surface area contributed by atoms with Crippen LogP contribution in [0.5, 0.6) is 0 Å². The molecular formula is C16H16F3N5. The number of rotatable bonds is 3. The number of aromatic amines is 2. The van der Waals surface area contributed by atoms with Gasteiger partial charge in [0.2, 0.25) is 0 Å². The quantitative estimate of drug-likeness (QED) is 0.772. The Morgan fingerprint density at radius 3 is 2.92 bits per heavy atom. The summed E-state index contributed by atoms with van der Waals surface area (Å²) in [6.07, 6.45) is 0.0973. The first kappa shape index (κ1) is 15.2. The first-order chi connectivity index (χ1) is 11.5. The van der Waals surface area contributed by atoms with E-state index in [0.29, 0.717) is 11.0 Å². The highest BCUT2D eigenvalue weighted by molar-refractivity contribution is 5.76. The summed E-state index contributed by atoms with van der Waals surface area (Å²) in [5.41, 5.74) is 0.350. The van der Waals surface area contributed by atoms with E-state index in [0.717, 1.165) is 49.8 Å². The molecule has 3 heterocycles. The monoisotopic (exact) mass is 335 g/mol. The molecule has 0 spiro atoms. The van der Waals surface area contributed by atoms with Gasteiger partial charge in [0.05, 0.1) is 23.1 Å². The zero-order valence-electron chi connectivity index (χ0n) is 12.8. The van der Waals surface area contributed by atoms with Crippen molar-refractivity contribution < 1.29 is 13.2 Å². The third kappa shape index (κ3) is 2.89. The molecule has 1 aromatic carbocycles. The Morgan fingerprint density at radius 1 is 1.29 bits per heavy atom. The molecule has 0 bridgehead atoms. The Morgan fingerprint density at radius 2 is 2.17 bits per heavy atom. The van der Waals surface area contributed by atoms with Gasteiger partial charge in [-0.2, -0.15) is 13.2 Å². The van der Waals surface area contributed by atoms with Crippen LogP contribution in [0.2, 0.25) is 0 Å². The number of nitrogens with one attached hydrogen (secondary N) is 2. The minimum atomic E-state index is -4.34. The van der Waals surface area contributed by atoms with Crippen molar-refractivity contribution in [3.63, 3.8) is 0 Å². The van der Waals surface area contributed by atoms with E-state index in [1.807, 2.05) is 0 Å². The van der Waals surface area contributed by atoms with E-state index in [1.165, 1.54) is 6.07 Å². The summed E-state index contributed by atoms with van der Waals surface area (Å²) in [6.45, 7) is 2.46. The number of nitrogens with zero attached hydrogens (tertiary/aromatic N) is 3. The van der Waals surface area contributed by atoms with Gasteiger partial charge in [-0.25, -0.2) is 9.97 Å². The molecular weight excluding hydrogens is 319 g/mol. The van der Waals surface area contributed by atoms with Crippen molar-refractivity contribution in [1.29, 1.82) is 0 Å². The topological polar surface area (TPSA) is 60.6 Å². The Hall–Kier alpha value is -2.35. The van der Waals surface area contributed by atoms with Gasteiger partial charge in [-0.1, -0.05) is 0 Å². The summed E-state index contributed by atoms with van der Waals surface area (Å²) in [6, 6.07) is 3.62. The number of fused-ring (bicyclic) bond motifs is 1. The number of aromatic nitrogens is 4. The molecule has 1 aliphatic rings. The van der Waals surface area contributed by atoms with Crippen LogP contribution in [0.15, 0.2) is 30.6 Å². The highest BCUT2D eigenvalue weighted by Crippen LogP contribution is 2.32. The standard InChI is InChI=1S/C16H16F3N5/c17-16(18,19)11-1-2-12-13(7-11)23-15(22-12)10-3-6-24(8-10)9-14-20-4-5-21-14/h1-2,4-5,7,10H,3,6,8-9H2,(H,20,21)(H,22,23)/t10-/m0/s1. The van der Waals surface area contributed by atoms with Gasteiger partial charge in [0.25, 0.3) is 0 Å². The van der Waals surface area contributed by atoms with Gasteiger partial charge in [0.15, 0.2) is 0 Å². The second-order valence-electron chi connectivity index (χ2n) is 6.11. The first-order valence-electron chi connectivity index (χ1n) is 7.76. The maximum Gasteiger partial charge on any atom is 0.416 e. The average molecular weight is 335 g/mol. The Kier molecular flexibility index (Phi) is 3.56. The van der Waals surface area contributed by atoms with Gasteiger partial charge in [0, 0.05) is 24.9 Å². The second kappa shape index (κ2) is 5.62. The highest BCUT2D eigenvalue weighted by Gasteiger charge is 2.31. The van der Waals surface area contributed by atoms with Crippen LogP contribution < -0.4 is 0 Å².